The number of nitrogens with zero attached hydrogens (tertiary/aromatic N) is 1. The molecule has 1 amide bonds. The van der Waals surface area contributed by atoms with Crippen LogP contribution in [0.1, 0.15) is 30.5 Å². The summed E-state index contributed by atoms with van der Waals surface area (Å²) in [7, 11) is 0. The van der Waals surface area contributed by atoms with E-state index in [-0.39, 0.29) is 5.91 Å². The van der Waals surface area contributed by atoms with E-state index in [9.17, 15) is 4.79 Å². The Bertz CT molecular complexity index is 675. The Hall–Kier alpha value is -2.29. The molecule has 0 aliphatic heterocycles. The van der Waals surface area contributed by atoms with Gasteiger partial charge in [0.1, 0.15) is 0 Å². The zero-order valence-electron chi connectivity index (χ0n) is 14.5. The van der Waals surface area contributed by atoms with E-state index < -0.39 is 0 Å². The van der Waals surface area contributed by atoms with E-state index in [0.29, 0.717) is 6.42 Å². The second-order valence-corrected chi connectivity index (χ2v) is 5.89. The van der Waals surface area contributed by atoms with Crippen molar-refractivity contribution in [3.8, 4) is 0 Å². The standard InChI is InChI=1S/C20H26N2O/c1-5-22(6-2)18-10-11-19(16(4)13-18)21-20(23)14-17-9-7-8-15(3)12-17/h7-13H,5-6,14H2,1-4H3,(H,21,23). The molecule has 0 heterocycles. The van der Waals surface area contributed by atoms with E-state index in [2.05, 4.69) is 42.3 Å². The molecule has 122 valence electrons. The van der Waals surface area contributed by atoms with Crippen molar-refractivity contribution >= 4 is 17.3 Å². The molecule has 2 aromatic rings. The average molecular weight is 310 g/mol. The van der Waals surface area contributed by atoms with E-state index in [1.54, 1.807) is 0 Å². The van der Waals surface area contributed by atoms with Gasteiger partial charge in [0.15, 0.2) is 0 Å². The third-order valence-corrected chi connectivity index (χ3v) is 4.06. The Morgan fingerprint density at radius 2 is 1.78 bits per heavy atom. The van der Waals surface area contributed by atoms with E-state index >= 15 is 0 Å². The van der Waals surface area contributed by atoms with Crippen LogP contribution in [0.3, 0.4) is 0 Å². The fourth-order valence-electron chi connectivity index (χ4n) is 2.78. The second kappa shape index (κ2) is 7.82. The number of aryl methyl sites for hydroxylation is 2. The fourth-order valence-corrected chi connectivity index (χ4v) is 2.78. The van der Waals surface area contributed by atoms with Gasteiger partial charge in [-0.05, 0) is 57.0 Å². The van der Waals surface area contributed by atoms with E-state index in [1.807, 2.05) is 38.1 Å². The van der Waals surface area contributed by atoms with Crippen LogP contribution in [0, 0.1) is 13.8 Å². The van der Waals surface area contributed by atoms with E-state index in [4.69, 9.17) is 0 Å². The molecular weight excluding hydrogens is 284 g/mol. The van der Waals surface area contributed by atoms with Gasteiger partial charge in [-0.2, -0.15) is 0 Å². The predicted octanol–water partition coefficient (Wildman–Crippen LogP) is 4.33. The minimum atomic E-state index is 0.0225. The van der Waals surface area contributed by atoms with Gasteiger partial charge in [-0.25, -0.2) is 0 Å². The van der Waals surface area contributed by atoms with Crippen molar-refractivity contribution in [1.29, 1.82) is 0 Å². The smallest absolute Gasteiger partial charge is 0.228 e. The van der Waals surface area contributed by atoms with E-state index in [0.717, 1.165) is 29.9 Å². The molecule has 3 heteroatoms. The summed E-state index contributed by atoms with van der Waals surface area (Å²) in [4.78, 5) is 14.6. The zero-order chi connectivity index (χ0) is 16.8. The summed E-state index contributed by atoms with van der Waals surface area (Å²) in [5.41, 5.74) is 5.39. The Morgan fingerprint density at radius 3 is 2.39 bits per heavy atom. The van der Waals surface area contributed by atoms with Gasteiger partial charge >= 0.3 is 0 Å². The quantitative estimate of drug-likeness (QED) is 0.861. The van der Waals surface area contributed by atoms with Crippen molar-refractivity contribution < 1.29 is 4.79 Å². The number of hydrogen-bond acceptors (Lipinski definition) is 2. The molecule has 0 aromatic heterocycles. The maximum atomic E-state index is 12.3. The van der Waals surface area contributed by atoms with Gasteiger partial charge in [0.05, 0.1) is 6.42 Å². The molecule has 0 radical (unpaired) electrons. The van der Waals surface area contributed by atoms with Crippen LogP contribution < -0.4 is 10.2 Å². The number of rotatable bonds is 6. The maximum Gasteiger partial charge on any atom is 0.228 e. The number of hydrogen-bond donors (Lipinski definition) is 1. The molecule has 2 rings (SSSR count). The first-order chi connectivity index (χ1) is 11.0. The molecule has 0 bridgehead atoms. The summed E-state index contributed by atoms with van der Waals surface area (Å²) >= 11 is 0. The Kier molecular flexibility index (Phi) is 5.80. The minimum Gasteiger partial charge on any atom is -0.372 e. The first-order valence-corrected chi connectivity index (χ1v) is 8.24. The summed E-state index contributed by atoms with van der Waals surface area (Å²) in [6, 6.07) is 14.3. The Labute approximate surface area is 139 Å². The molecular formula is C20H26N2O. The van der Waals surface area contributed by atoms with Crippen LogP contribution in [0.5, 0.6) is 0 Å². The summed E-state index contributed by atoms with van der Waals surface area (Å²) in [6.45, 7) is 10.3. The van der Waals surface area contributed by atoms with Crippen molar-refractivity contribution in [3.63, 3.8) is 0 Å². The third-order valence-electron chi connectivity index (χ3n) is 4.06. The maximum absolute atomic E-state index is 12.3. The lowest BCUT2D eigenvalue weighted by atomic mass is 10.1. The molecule has 0 fully saturated rings. The lowest BCUT2D eigenvalue weighted by molar-refractivity contribution is -0.115. The highest BCUT2D eigenvalue weighted by molar-refractivity contribution is 5.93. The SMILES string of the molecule is CCN(CC)c1ccc(NC(=O)Cc2cccc(C)c2)c(C)c1. The molecule has 23 heavy (non-hydrogen) atoms. The average Bonchev–Trinajstić information content (AvgIpc) is 2.51. The summed E-state index contributed by atoms with van der Waals surface area (Å²) < 4.78 is 0. The predicted molar refractivity (Wildman–Crippen MR) is 98.3 cm³/mol. The molecule has 0 spiro atoms. The molecule has 2 aromatic carbocycles. The van der Waals surface area contributed by atoms with Gasteiger partial charge in [-0.1, -0.05) is 29.8 Å². The molecule has 3 nitrogen and oxygen atoms in total. The van der Waals surface area contributed by atoms with Crippen LogP contribution in [0.15, 0.2) is 42.5 Å². The molecule has 0 unspecified atom stereocenters. The van der Waals surface area contributed by atoms with Gasteiger partial charge in [0.25, 0.3) is 0 Å². The number of carbonyl (C=O) groups is 1. The summed E-state index contributed by atoms with van der Waals surface area (Å²) in [6.07, 6.45) is 0.402. The topological polar surface area (TPSA) is 32.3 Å². The van der Waals surface area contributed by atoms with Gasteiger partial charge < -0.3 is 10.2 Å². The van der Waals surface area contributed by atoms with Crippen molar-refractivity contribution in [2.75, 3.05) is 23.3 Å². The van der Waals surface area contributed by atoms with Crippen molar-refractivity contribution in [2.24, 2.45) is 0 Å². The molecule has 0 saturated carbocycles. The second-order valence-electron chi connectivity index (χ2n) is 5.89. The number of amides is 1. The van der Waals surface area contributed by atoms with Crippen molar-refractivity contribution in [1.82, 2.24) is 0 Å². The molecule has 0 atom stereocenters. The van der Waals surface area contributed by atoms with Crippen molar-refractivity contribution in [2.45, 2.75) is 34.1 Å². The van der Waals surface area contributed by atoms with Crippen LogP contribution in [0.25, 0.3) is 0 Å². The van der Waals surface area contributed by atoms with E-state index in [1.165, 1.54) is 11.3 Å². The highest BCUT2D eigenvalue weighted by Crippen LogP contribution is 2.23. The molecule has 0 saturated heterocycles. The van der Waals surface area contributed by atoms with Gasteiger partial charge in [0.2, 0.25) is 5.91 Å². The lowest BCUT2D eigenvalue weighted by Gasteiger charge is -2.22. The Morgan fingerprint density at radius 1 is 1.04 bits per heavy atom. The zero-order valence-corrected chi connectivity index (χ0v) is 14.5. The van der Waals surface area contributed by atoms with Gasteiger partial charge in [-0.3, -0.25) is 4.79 Å². The van der Waals surface area contributed by atoms with Crippen LogP contribution >= 0.6 is 0 Å². The van der Waals surface area contributed by atoms with Gasteiger partial charge in [-0.15, -0.1) is 0 Å². The summed E-state index contributed by atoms with van der Waals surface area (Å²) in [5, 5.41) is 3.02. The largest absolute Gasteiger partial charge is 0.372 e. The highest BCUT2D eigenvalue weighted by Gasteiger charge is 2.08. The van der Waals surface area contributed by atoms with Crippen LogP contribution in [-0.4, -0.2) is 19.0 Å². The monoisotopic (exact) mass is 310 g/mol. The van der Waals surface area contributed by atoms with Crippen molar-refractivity contribution in [3.05, 3.63) is 59.2 Å². The van der Waals surface area contributed by atoms with Crippen LogP contribution in [0.4, 0.5) is 11.4 Å². The highest BCUT2D eigenvalue weighted by atomic mass is 16.1. The molecule has 1 N–H and O–H groups in total. The number of benzene rings is 2. The number of nitrogens with one attached hydrogen (secondary N) is 1. The van der Waals surface area contributed by atoms with Crippen LogP contribution in [0.2, 0.25) is 0 Å². The van der Waals surface area contributed by atoms with Crippen LogP contribution in [-0.2, 0) is 11.2 Å². The Balaban J connectivity index is 2.06. The molecule has 0 aliphatic carbocycles. The van der Waals surface area contributed by atoms with Gasteiger partial charge in [0, 0.05) is 24.5 Å². The number of carbonyl (C=O) groups excluding carboxylic acids is 1. The lowest BCUT2D eigenvalue weighted by Crippen LogP contribution is -2.22. The number of anilines is 2. The first kappa shape index (κ1) is 17.1. The summed E-state index contributed by atoms with van der Waals surface area (Å²) in [5.74, 6) is 0.0225. The third kappa shape index (κ3) is 4.59. The fraction of sp³-hybridized carbons (Fsp3) is 0.350. The first-order valence-electron chi connectivity index (χ1n) is 8.24. The minimum absolute atomic E-state index is 0.0225. The molecule has 0 aliphatic rings. The normalized spacial score (nSPS) is 10.4.